The summed E-state index contributed by atoms with van der Waals surface area (Å²) in [6, 6.07) is 2.91. The van der Waals surface area contributed by atoms with E-state index in [4.69, 9.17) is 5.11 Å². The van der Waals surface area contributed by atoms with Crippen molar-refractivity contribution in [2.45, 2.75) is 25.8 Å². The summed E-state index contributed by atoms with van der Waals surface area (Å²) in [5, 5.41) is 20.2. The molecule has 0 fully saturated rings. The summed E-state index contributed by atoms with van der Waals surface area (Å²) in [5.74, 6) is -1.37. The topological polar surface area (TPSA) is 102 Å². The molecule has 0 saturated carbocycles. The normalized spacial score (nSPS) is 16.9. The van der Waals surface area contributed by atoms with Gasteiger partial charge < -0.3 is 9.67 Å². The number of benzene rings is 1. The summed E-state index contributed by atoms with van der Waals surface area (Å²) in [6.07, 6.45) is 2.80. The lowest BCUT2D eigenvalue weighted by Gasteiger charge is -2.26. The standard InChI is InChI=1S/C14H12N2O5/c1-7-2-3-8-4-5-10(16(20)21)11-12(8)15(7)6-9(13(11)17)14(18)19/h4-7H,2-3H2,1H3,(H,18,19). The number of carboxylic acid groups (broad SMARTS) is 1. The average Bonchev–Trinajstić information content (AvgIpc) is 2.43. The second-order valence-corrected chi connectivity index (χ2v) is 5.20. The maximum Gasteiger partial charge on any atom is 0.341 e. The van der Waals surface area contributed by atoms with Crippen LogP contribution in [-0.2, 0) is 6.42 Å². The highest BCUT2D eigenvalue weighted by Crippen LogP contribution is 2.33. The molecule has 1 atom stereocenters. The Morgan fingerprint density at radius 3 is 2.81 bits per heavy atom. The van der Waals surface area contributed by atoms with Gasteiger partial charge >= 0.3 is 5.97 Å². The minimum atomic E-state index is -1.37. The van der Waals surface area contributed by atoms with Gasteiger partial charge in [0.05, 0.1) is 10.4 Å². The molecule has 0 bridgehead atoms. The van der Waals surface area contributed by atoms with Crippen molar-refractivity contribution >= 4 is 22.6 Å². The molecule has 1 unspecified atom stereocenters. The Morgan fingerprint density at radius 1 is 1.48 bits per heavy atom. The van der Waals surface area contributed by atoms with Gasteiger partial charge in [0, 0.05) is 18.3 Å². The fraction of sp³-hybridized carbons (Fsp3) is 0.286. The molecule has 3 rings (SSSR count). The summed E-state index contributed by atoms with van der Waals surface area (Å²) in [4.78, 5) is 34.1. The van der Waals surface area contributed by atoms with Gasteiger partial charge in [0.15, 0.2) is 0 Å². The van der Waals surface area contributed by atoms with Gasteiger partial charge in [-0.3, -0.25) is 14.9 Å². The lowest BCUT2D eigenvalue weighted by molar-refractivity contribution is -0.383. The first-order valence-electron chi connectivity index (χ1n) is 6.50. The van der Waals surface area contributed by atoms with Crippen LogP contribution in [0.15, 0.2) is 23.1 Å². The number of pyridine rings is 1. The lowest BCUT2D eigenvalue weighted by atomic mass is 9.95. The number of aryl methyl sites for hydroxylation is 1. The molecule has 7 heteroatoms. The minimum absolute atomic E-state index is 0.0132. The van der Waals surface area contributed by atoms with Crippen molar-refractivity contribution < 1.29 is 14.8 Å². The number of nitro groups is 1. The van der Waals surface area contributed by atoms with Crippen molar-refractivity contribution in [2.24, 2.45) is 0 Å². The van der Waals surface area contributed by atoms with Gasteiger partial charge in [-0.15, -0.1) is 0 Å². The fourth-order valence-electron chi connectivity index (χ4n) is 2.90. The Kier molecular flexibility index (Phi) is 2.79. The van der Waals surface area contributed by atoms with Crippen LogP contribution in [0.25, 0.3) is 10.9 Å². The molecule has 0 saturated heterocycles. The van der Waals surface area contributed by atoms with E-state index >= 15 is 0 Å². The maximum atomic E-state index is 12.3. The van der Waals surface area contributed by atoms with Crippen molar-refractivity contribution in [2.75, 3.05) is 0 Å². The lowest BCUT2D eigenvalue weighted by Crippen LogP contribution is -2.24. The second kappa shape index (κ2) is 4.41. The van der Waals surface area contributed by atoms with Gasteiger partial charge in [0.2, 0.25) is 5.43 Å². The number of hydrogen-bond donors (Lipinski definition) is 1. The Labute approximate surface area is 118 Å². The number of nitro benzene ring substituents is 1. The van der Waals surface area contributed by atoms with E-state index in [1.165, 1.54) is 12.3 Å². The Balaban J connectivity index is 2.58. The van der Waals surface area contributed by atoms with Crippen LogP contribution in [0.5, 0.6) is 0 Å². The first kappa shape index (κ1) is 13.3. The summed E-state index contributed by atoms with van der Waals surface area (Å²) in [7, 11) is 0. The van der Waals surface area contributed by atoms with Crippen LogP contribution in [0.1, 0.15) is 35.3 Å². The molecule has 0 spiro atoms. The van der Waals surface area contributed by atoms with Crippen LogP contribution in [0, 0.1) is 10.1 Å². The Bertz CT molecular complexity index is 853. The van der Waals surface area contributed by atoms with Gasteiger partial charge in [-0.1, -0.05) is 6.07 Å². The molecule has 0 amide bonds. The number of aromatic nitrogens is 1. The molecular weight excluding hydrogens is 276 g/mol. The number of carbonyl (C=O) groups is 1. The highest BCUT2D eigenvalue weighted by atomic mass is 16.6. The molecule has 0 radical (unpaired) electrons. The monoisotopic (exact) mass is 288 g/mol. The van der Waals surface area contributed by atoms with Crippen LogP contribution in [0.2, 0.25) is 0 Å². The fourth-order valence-corrected chi connectivity index (χ4v) is 2.90. The summed E-state index contributed by atoms with van der Waals surface area (Å²) in [5.41, 5.74) is -0.252. The molecule has 1 aromatic heterocycles. The molecule has 1 aliphatic rings. The van der Waals surface area contributed by atoms with Gasteiger partial charge in [0.1, 0.15) is 10.9 Å². The molecule has 1 aliphatic heterocycles. The van der Waals surface area contributed by atoms with E-state index in [0.717, 1.165) is 12.0 Å². The molecule has 2 aromatic rings. The van der Waals surface area contributed by atoms with E-state index in [0.29, 0.717) is 11.9 Å². The van der Waals surface area contributed by atoms with E-state index in [9.17, 15) is 19.7 Å². The molecule has 7 nitrogen and oxygen atoms in total. The van der Waals surface area contributed by atoms with Crippen molar-refractivity contribution in [3.63, 3.8) is 0 Å². The third kappa shape index (κ3) is 1.81. The quantitative estimate of drug-likeness (QED) is 0.673. The predicted octanol–water partition coefficient (Wildman–Crippen LogP) is 2.12. The summed E-state index contributed by atoms with van der Waals surface area (Å²) < 4.78 is 1.67. The average molecular weight is 288 g/mol. The largest absolute Gasteiger partial charge is 0.477 e. The van der Waals surface area contributed by atoms with E-state index in [-0.39, 0.29) is 17.1 Å². The zero-order valence-corrected chi connectivity index (χ0v) is 11.2. The third-order valence-corrected chi connectivity index (χ3v) is 3.97. The first-order chi connectivity index (χ1) is 9.91. The van der Waals surface area contributed by atoms with E-state index < -0.39 is 21.9 Å². The Hall–Kier alpha value is -2.70. The smallest absolute Gasteiger partial charge is 0.341 e. The van der Waals surface area contributed by atoms with Crippen LogP contribution < -0.4 is 5.43 Å². The molecule has 108 valence electrons. The molecule has 1 aromatic carbocycles. The second-order valence-electron chi connectivity index (χ2n) is 5.20. The van der Waals surface area contributed by atoms with Crippen molar-refractivity contribution in [1.29, 1.82) is 0 Å². The van der Waals surface area contributed by atoms with Gasteiger partial charge in [-0.05, 0) is 25.3 Å². The minimum Gasteiger partial charge on any atom is -0.477 e. The van der Waals surface area contributed by atoms with Crippen molar-refractivity contribution in [3.8, 4) is 0 Å². The third-order valence-electron chi connectivity index (χ3n) is 3.97. The van der Waals surface area contributed by atoms with E-state index in [2.05, 4.69) is 0 Å². The molecule has 0 aliphatic carbocycles. The highest BCUT2D eigenvalue weighted by Gasteiger charge is 2.27. The van der Waals surface area contributed by atoms with Crippen LogP contribution in [-0.4, -0.2) is 20.6 Å². The number of aromatic carboxylic acids is 1. The van der Waals surface area contributed by atoms with Gasteiger partial charge in [0.25, 0.3) is 5.69 Å². The molecular formula is C14H12N2O5. The van der Waals surface area contributed by atoms with Crippen LogP contribution >= 0.6 is 0 Å². The van der Waals surface area contributed by atoms with Crippen LogP contribution in [0.3, 0.4) is 0 Å². The first-order valence-corrected chi connectivity index (χ1v) is 6.50. The molecule has 21 heavy (non-hydrogen) atoms. The number of rotatable bonds is 2. The zero-order valence-electron chi connectivity index (χ0n) is 11.2. The van der Waals surface area contributed by atoms with E-state index in [1.807, 2.05) is 6.92 Å². The number of non-ortho nitro benzene ring substituents is 1. The summed E-state index contributed by atoms with van der Waals surface area (Å²) >= 11 is 0. The SMILES string of the molecule is CC1CCc2ccc([N+](=O)[O-])c3c(=O)c(C(=O)O)cn1c23. The summed E-state index contributed by atoms with van der Waals surface area (Å²) in [6.45, 7) is 1.90. The van der Waals surface area contributed by atoms with Crippen LogP contribution in [0.4, 0.5) is 5.69 Å². The maximum absolute atomic E-state index is 12.3. The molecule has 1 N–H and O–H groups in total. The van der Waals surface area contributed by atoms with Gasteiger partial charge in [-0.2, -0.15) is 0 Å². The number of hydrogen-bond acceptors (Lipinski definition) is 4. The molecule has 2 heterocycles. The van der Waals surface area contributed by atoms with E-state index in [1.54, 1.807) is 10.6 Å². The predicted molar refractivity (Wildman–Crippen MR) is 74.9 cm³/mol. The zero-order chi connectivity index (χ0) is 15.3. The highest BCUT2D eigenvalue weighted by molar-refractivity contribution is 5.97. The van der Waals surface area contributed by atoms with Crippen molar-refractivity contribution in [1.82, 2.24) is 4.57 Å². The number of carboxylic acids is 1. The van der Waals surface area contributed by atoms with Crippen molar-refractivity contribution in [3.05, 3.63) is 49.8 Å². The van der Waals surface area contributed by atoms with Gasteiger partial charge in [-0.25, -0.2) is 4.79 Å². The Morgan fingerprint density at radius 2 is 2.19 bits per heavy atom. The number of nitrogens with zero attached hydrogens (tertiary/aromatic N) is 2.